The Morgan fingerprint density at radius 2 is 2.06 bits per heavy atom. The van der Waals surface area contributed by atoms with E-state index < -0.39 is 0 Å². The lowest BCUT2D eigenvalue weighted by Crippen LogP contribution is -2.33. The molecule has 1 aromatic rings. The first-order valence-electron chi connectivity index (χ1n) is 6.48. The third kappa shape index (κ3) is 3.57. The van der Waals surface area contributed by atoms with Gasteiger partial charge in [0, 0.05) is 5.56 Å². The quantitative estimate of drug-likeness (QED) is 0.788. The van der Waals surface area contributed by atoms with E-state index in [4.69, 9.17) is 4.74 Å². The number of benzene rings is 1. The molecule has 0 aliphatic rings. The summed E-state index contributed by atoms with van der Waals surface area (Å²) in [6.07, 6.45) is 0.935. The summed E-state index contributed by atoms with van der Waals surface area (Å²) in [6, 6.07) is 5.51. The molecule has 1 atom stereocenters. The predicted molar refractivity (Wildman–Crippen MR) is 74.4 cm³/mol. The van der Waals surface area contributed by atoms with Gasteiger partial charge in [-0.3, -0.25) is 4.79 Å². The van der Waals surface area contributed by atoms with Crippen LogP contribution in [0.5, 0.6) is 5.75 Å². The highest BCUT2D eigenvalue weighted by Crippen LogP contribution is 2.21. The van der Waals surface area contributed by atoms with Crippen LogP contribution in [-0.4, -0.2) is 25.0 Å². The van der Waals surface area contributed by atoms with Crippen molar-refractivity contribution in [3.8, 4) is 5.75 Å². The van der Waals surface area contributed by atoms with Crippen molar-refractivity contribution in [3.63, 3.8) is 0 Å². The Morgan fingerprint density at radius 3 is 2.50 bits per heavy atom. The van der Waals surface area contributed by atoms with Gasteiger partial charge in [0.1, 0.15) is 5.75 Å². The maximum Gasteiger partial charge on any atom is 0.179 e. The fourth-order valence-electron chi connectivity index (χ4n) is 1.91. The summed E-state index contributed by atoms with van der Waals surface area (Å²) in [5.74, 6) is 0.984. The van der Waals surface area contributed by atoms with E-state index in [1.165, 1.54) is 0 Å². The Hall–Kier alpha value is -1.35. The number of rotatable bonds is 6. The van der Waals surface area contributed by atoms with Crippen molar-refractivity contribution in [2.24, 2.45) is 0 Å². The molecule has 1 rings (SSSR count). The second-order valence-corrected chi connectivity index (χ2v) is 4.76. The van der Waals surface area contributed by atoms with Crippen molar-refractivity contribution in [2.45, 2.75) is 46.3 Å². The van der Waals surface area contributed by atoms with Gasteiger partial charge in [0.05, 0.1) is 12.1 Å². The van der Waals surface area contributed by atoms with Crippen LogP contribution in [0, 0.1) is 6.92 Å². The molecule has 0 fully saturated rings. The highest BCUT2D eigenvalue weighted by molar-refractivity contribution is 6.00. The smallest absolute Gasteiger partial charge is 0.179 e. The summed E-state index contributed by atoms with van der Waals surface area (Å²) in [6.45, 7) is 7.95. The van der Waals surface area contributed by atoms with Crippen molar-refractivity contribution in [1.82, 2.24) is 5.32 Å². The predicted octanol–water partition coefficient (Wildman–Crippen LogP) is 2.96. The van der Waals surface area contributed by atoms with E-state index >= 15 is 0 Å². The van der Waals surface area contributed by atoms with E-state index in [0.717, 1.165) is 23.3 Å². The largest absolute Gasteiger partial charge is 0.491 e. The minimum absolute atomic E-state index is 0.110. The fraction of sp³-hybridized carbons (Fsp3) is 0.533. The maximum absolute atomic E-state index is 12.2. The number of ketones is 1. The molecule has 0 aliphatic heterocycles. The number of nitrogens with one attached hydrogen (secondary N) is 1. The van der Waals surface area contributed by atoms with Crippen molar-refractivity contribution in [3.05, 3.63) is 29.3 Å². The Labute approximate surface area is 110 Å². The van der Waals surface area contributed by atoms with E-state index in [1.807, 2.05) is 52.9 Å². The zero-order valence-electron chi connectivity index (χ0n) is 11.9. The van der Waals surface area contributed by atoms with Crippen molar-refractivity contribution in [1.29, 1.82) is 0 Å². The first kappa shape index (κ1) is 14.7. The molecule has 1 N–H and O–H groups in total. The number of likely N-dealkylation sites (N-methyl/N-ethyl adjacent to an activating group) is 1. The summed E-state index contributed by atoms with van der Waals surface area (Å²) in [5, 5.41) is 3.04. The number of ether oxygens (including phenoxy) is 1. The SMILES string of the molecule is CCC(NC)C(=O)c1ccc(OC(C)C)c(C)c1. The second kappa shape index (κ2) is 6.55. The molecule has 0 aromatic heterocycles. The fourth-order valence-corrected chi connectivity index (χ4v) is 1.91. The zero-order chi connectivity index (χ0) is 13.7. The topological polar surface area (TPSA) is 38.3 Å². The van der Waals surface area contributed by atoms with E-state index in [-0.39, 0.29) is 17.9 Å². The van der Waals surface area contributed by atoms with Crippen LogP contribution in [0.1, 0.15) is 43.1 Å². The second-order valence-electron chi connectivity index (χ2n) is 4.76. The van der Waals surface area contributed by atoms with E-state index in [0.29, 0.717) is 0 Å². The van der Waals surface area contributed by atoms with Crippen LogP contribution in [-0.2, 0) is 0 Å². The lowest BCUT2D eigenvalue weighted by molar-refractivity contribution is 0.0945. The number of hydrogen-bond acceptors (Lipinski definition) is 3. The Bertz CT molecular complexity index is 409. The number of hydrogen-bond donors (Lipinski definition) is 1. The van der Waals surface area contributed by atoms with Gasteiger partial charge in [-0.2, -0.15) is 0 Å². The number of carbonyl (C=O) groups excluding carboxylic acids is 1. The van der Waals surface area contributed by atoms with E-state index in [9.17, 15) is 4.79 Å². The van der Waals surface area contributed by atoms with Gasteiger partial charge in [-0.25, -0.2) is 0 Å². The number of carbonyl (C=O) groups is 1. The average molecular weight is 249 g/mol. The first-order valence-corrected chi connectivity index (χ1v) is 6.48. The summed E-state index contributed by atoms with van der Waals surface area (Å²) in [7, 11) is 1.81. The van der Waals surface area contributed by atoms with Gasteiger partial charge in [-0.05, 0) is 58.0 Å². The van der Waals surface area contributed by atoms with Crippen LogP contribution in [0.15, 0.2) is 18.2 Å². The molecule has 0 aliphatic carbocycles. The molecule has 3 nitrogen and oxygen atoms in total. The van der Waals surface area contributed by atoms with Crippen molar-refractivity contribution < 1.29 is 9.53 Å². The summed E-state index contributed by atoms with van der Waals surface area (Å²) < 4.78 is 5.67. The van der Waals surface area contributed by atoms with Crippen LogP contribution in [0.4, 0.5) is 0 Å². The van der Waals surface area contributed by atoms with Crippen molar-refractivity contribution in [2.75, 3.05) is 7.05 Å². The lowest BCUT2D eigenvalue weighted by Gasteiger charge is -2.15. The van der Waals surface area contributed by atoms with Gasteiger partial charge < -0.3 is 10.1 Å². The minimum atomic E-state index is -0.110. The van der Waals surface area contributed by atoms with Gasteiger partial charge >= 0.3 is 0 Å². The molecule has 0 saturated carbocycles. The van der Waals surface area contributed by atoms with Crippen LogP contribution in [0.2, 0.25) is 0 Å². The van der Waals surface area contributed by atoms with Crippen LogP contribution in [0.25, 0.3) is 0 Å². The number of Topliss-reactive ketones (excluding diaryl/α,β-unsaturated/α-hetero) is 1. The van der Waals surface area contributed by atoms with Gasteiger partial charge in [0.2, 0.25) is 0 Å². The van der Waals surface area contributed by atoms with Crippen molar-refractivity contribution >= 4 is 5.78 Å². The molecule has 1 aromatic carbocycles. The maximum atomic E-state index is 12.2. The van der Waals surface area contributed by atoms with E-state index in [1.54, 1.807) is 0 Å². The standard InChI is InChI=1S/C15H23NO2/c1-6-13(16-5)15(17)12-7-8-14(11(4)9-12)18-10(2)3/h7-10,13,16H,6H2,1-5H3. The Morgan fingerprint density at radius 1 is 1.39 bits per heavy atom. The Balaban J connectivity index is 2.93. The molecule has 0 spiro atoms. The summed E-state index contributed by atoms with van der Waals surface area (Å²) in [4.78, 5) is 12.2. The van der Waals surface area contributed by atoms with Gasteiger partial charge in [0.25, 0.3) is 0 Å². The first-order chi connectivity index (χ1) is 8.49. The normalized spacial score (nSPS) is 12.6. The molecule has 18 heavy (non-hydrogen) atoms. The number of aryl methyl sites for hydroxylation is 1. The highest BCUT2D eigenvalue weighted by Gasteiger charge is 2.17. The monoisotopic (exact) mass is 249 g/mol. The third-order valence-corrected chi connectivity index (χ3v) is 2.90. The molecule has 0 bridgehead atoms. The lowest BCUT2D eigenvalue weighted by atomic mass is 10.0. The molecular weight excluding hydrogens is 226 g/mol. The van der Waals surface area contributed by atoms with Gasteiger partial charge in [-0.1, -0.05) is 6.92 Å². The van der Waals surface area contributed by atoms with Gasteiger partial charge in [0.15, 0.2) is 5.78 Å². The zero-order valence-corrected chi connectivity index (χ0v) is 11.9. The minimum Gasteiger partial charge on any atom is -0.491 e. The molecule has 3 heteroatoms. The summed E-state index contributed by atoms with van der Waals surface area (Å²) >= 11 is 0. The summed E-state index contributed by atoms with van der Waals surface area (Å²) in [5.41, 5.74) is 1.74. The van der Waals surface area contributed by atoms with Crippen LogP contribution in [0.3, 0.4) is 0 Å². The van der Waals surface area contributed by atoms with E-state index in [2.05, 4.69) is 5.32 Å². The molecule has 0 radical (unpaired) electrons. The highest BCUT2D eigenvalue weighted by atomic mass is 16.5. The molecule has 100 valence electrons. The molecule has 0 heterocycles. The third-order valence-electron chi connectivity index (χ3n) is 2.90. The average Bonchev–Trinajstić information content (AvgIpc) is 2.32. The molecule has 0 saturated heterocycles. The molecule has 1 unspecified atom stereocenters. The molecular formula is C15H23NO2. The molecule has 0 amide bonds. The van der Waals surface area contributed by atoms with Crippen LogP contribution < -0.4 is 10.1 Å². The van der Waals surface area contributed by atoms with Crippen LogP contribution >= 0.6 is 0 Å². The van der Waals surface area contributed by atoms with Gasteiger partial charge in [-0.15, -0.1) is 0 Å². The Kier molecular flexibility index (Phi) is 5.35.